The van der Waals surface area contributed by atoms with Crippen molar-refractivity contribution in [2.45, 2.75) is 25.7 Å². The van der Waals surface area contributed by atoms with Crippen molar-refractivity contribution in [2.24, 2.45) is 7.05 Å². The van der Waals surface area contributed by atoms with Crippen molar-refractivity contribution < 1.29 is 4.79 Å². The Kier molecular flexibility index (Phi) is 5.88. The predicted molar refractivity (Wildman–Crippen MR) is 117 cm³/mol. The first-order chi connectivity index (χ1) is 14.6. The highest BCUT2D eigenvalue weighted by molar-refractivity contribution is 5.91. The van der Waals surface area contributed by atoms with Gasteiger partial charge < -0.3 is 10.2 Å². The second-order valence-electron chi connectivity index (χ2n) is 7.60. The fourth-order valence-electron chi connectivity index (χ4n) is 3.77. The molecule has 0 aliphatic carbocycles. The van der Waals surface area contributed by atoms with Crippen molar-refractivity contribution in [1.29, 1.82) is 0 Å². The van der Waals surface area contributed by atoms with Crippen LogP contribution in [0.3, 0.4) is 0 Å². The average molecular weight is 403 g/mol. The predicted octanol–water partition coefficient (Wildman–Crippen LogP) is 3.68. The molecule has 0 radical (unpaired) electrons. The van der Waals surface area contributed by atoms with Crippen molar-refractivity contribution in [1.82, 2.24) is 24.6 Å². The van der Waals surface area contributed by atoms with Gasteiger partial charge in [-0.2, -0.15) is 5.10 Å². The summed E-state index contributed by atoms with van der Waals surface area (Å²) in [7, 11) is 1.86. The molecule has 0 aromatic carbocycles. The van der Waals surface area contributed by atoms with Crippen LogP contribution in [0.2, 0.25) is 0 Å². The summed E-state index contributed by atoms with van der Waals surface area (Å²) < 4.78 is 1.75. The van der Waals surface area contributed by atoms with Gasteiger partial charge in [0.25, 0.3) is 0 Å². The zero-order chi connectivity index (χ0) is 20.9. The van der Waals surface area contributed by atoms with Crippen LogP contribution >= 0.6 is 0 Å². The molecule has 1 atom stereocenters. The van der Waals surface area contributed by atoms with Crippen molar-refractivity contribution in [3.05, 3.63) is 71.8 Å². The SMILES string of the molecule is Cc1cccnc1Nc1cc(C2CCCN(C(=O)/C=C/c3ccnn3C)C2)ccn1. The molecule has 4 heterocycles. The summed E-state index contributed by atoms with van der Waals surface area (Å²) in [5, 5.41) is 7.43. The minimum Gasteiger partial charge on any atom is -0.339 e. The maximum Gasteiger partial charge on any atom is 0.246 e. The van der Waals surface area contributed by atoms with E-state index < -0.39 is 0 Å². The molecule has 4 rings (SSSR count). The molecule has 1 aliphatic heterocycles. The highest BCUT2D eigenvalue weighted by Crippen LogP contribution is 2.29. The van der Waals surface area contributed by atoms with Crippen LogP contribution in [0, 0.1) is 6.92 Å². The zero-order valence-electron chi connectivity index (χ0n) is 17.3. The van der Waals surface area contributed by atoms with E-state index in [4.69, 9.17) is 0 Å². The van der Waals surface area contributed by atoms with Crippen LogP contribution in [0.4, 0.5) is 11.6 Å². The first-order valence-electron chi connectivity index (χ1n) is 10.2. The fourth-order valence-corrected chi connectivity index (χ4v) is 3.77. The fraction of sp³-hybridized carbons (Fsp3) is 0.304. The zero-order valence-corrected chi connectivity index (χ0v) is 17.3. The Morgan fingerprint density at radius 1 is 1.20 bits per heavy atom. The number of nitrogens with zero attached hydrogens (tertiary/aromatic N) is 5. The van der Waals surface area contributed by atoms with Crippen LogP contribution in [0.1, 0.15) is 35.6 Å². The van der Waals surface area contributed by atoms with E-state index in [-0.39, 0.29) is 5.91 Å². The largest absolute Gasteiger partial charge is 0.339 e. The third kappa shape index (κ3) is 4.56. The van der Waals surface area contributed by atoms with Gasteiger partial charge in [0, 0.05) is 50.7 Å². The highest BCUT2D eigenvalue weighted by atomic mass is 16.2. The van der Waals surface area contributed by atoms with E-state index in [1.165, 1.54) is 5.56 Å². The number of rotatable bonds is 5. The molecule has 30 heavy (non-hydrogen) atoms. The molecule has 3 aromatic rings. The first-order valence-corrected chi connectivity index (χ1v) is 10.2. The molecule has 7 heteroatoms. The first kappa shape index (κ1) is 19.8. The lowest BCUT2D eigenvalue weighted by Gasteiger charge is -2.32. The number of pyridine rings is 2. The lowest BCUT2D eigenvalue weighted by atomic mass is 9.91. The number of aryl methyl sites for hydroxylation is 2. The molecule has 3 aromatic heterocycles. The highest BCUT2D eigenvalue weighted by Gasteiger charge is 2.24. The smallest absolute Gasteiger partial charge is 0.246 e. The number of aromatic nitrogens is 4. The van der Waals surface area contributed by atoms with E-state index in [9.17, 15) is 4.79 Å². The Labute approximate surface area is 176 Å². The molecule has 0 spiro atoms. The second kappa shape index (κ2) is 8.90. The molecule has 7 nitrogen and oxygen atoms in total. The Bertz CT molecular complexity index is 1060. The summed E-state index contributed by atoms with van der Waals surface area (Å²) in [6, 6.07) is 9.93. The van der Waals surface area contributed by atoms with Crippen LogP contribution in [0.15, 0.2) is 55.0 Å². The van der Waals surface area contributed by atoms with Crippen molar-refractivity contribution in [3.63, 3.8) is 0 Å². The lowest BCUT2D eigenvalue weighted by molar-refractivity contribution is -0.127. The van der Waals surface area contributed by atoms with Gasteiger partial charge in [0.2, 0.25) is 5.91 Å². The number of hydrogen-bond donors (Lipinski definition) is 1. The van der Waals surface area contributed by atoms with Crippen molar-refractivity contribution in [3.8, 4) is 0 Å². The van der Waals surface area contributed by atoms with Gasteiger partial charge in [0.15, 0.2) is 0 Å². The van der Waals surface area contributed by atoms with Gasteiger partial charge >= 0.3 is 0 Å². The van der Waals surface area contributed by atoms with Gasteiger partial charge in [-0.05, 0) is 61.2 Å². The summed E-state index contributed by atoms with van der Waals surface area (Å²) in [4.78, 5) is 23.5. The third-order valence-corrected chi connectivity index (χ3v) is 5.50. The molecular weight excluding hydrogens is 376 g/mol. The number of carbonyl (C=O) groups is 1. The van der Waals surface area contributed by atoms with Gasteiger partial charge in [-0.1, -0.05) is 6.07 Å². The van der Waals surface area contributed by atoms with Crippen LogP contribution in [0.5, 0.6) is 0 Å². The molecule has 154 valence electrons. The Morgan fingerprint density at radius 3 is 2.90 bits per heavy atom. The van der Waals surface area contributed by atoms with E-state index in [0.717, 1.165) is 42.3 Å². The summed E-state index contributed by atoms with van der Waals surface area (Å²) >= 11 is 0. The molecule has 1 aliphatic rings. The summed E-state index contributed by atoms with van der Waals surface area (Å²) in [6.45, 7) is 3.51. The van der Waals surface area contributed by atoms with E-state index in [0.29, 0.717) is 12.5 Å². The maximum absolute atomic E-state index is 12.7. The van der Waals surface area contributed by atoms with Crippen molar-refractivity contribution >= 4 is 23.6 Å². The Balaban J connectivity index is 1.44. The van der Waals surface area contributed by atoms with Gasteiger partial charge in [0.05, 0.1) is 5.69 Å². The molecule has 0 saturated carbocycles. The number of piperidine rings is 1. The Hall–Kier alpha value is -3.48. The van der Waals surface area contributed by atoms with Crippen LogP contribution in [-0.2, 0) is 11.8 Å². The number of likely N-dealkylation sites (tertiary alicyclic amines) is 1. The molecular formula is C23H26N6O. The van der Waals surface area contributed by atoms with Crippen LogP contribution in [0.25, 0.3) is 6.08 Å². The molecule has 0 bridgehead atoms. The van der Waals surface area contributed by atoms with E-state index >= 15 is 0 Å². The van der Waals surface area contributed by atoms with E-state index in [1.807, 2.05) is 55.4 Å². The summed E-state index contributed by atoms with van der Waals surface area (Å²) in [5.41, 5.74) is 3.17. The number of hydrogen-bond acceptors (Lipinski definition) is 5. The van der Waals surface area contributed by atoms with Gasteiger partial charge in [-0.3, -0.25) is 9.48 Å². The normalized spacial score (nSPS) is 16.7. The average Bonchev–Trinajstić information content (AvgIpc) is 3.19. The van der Waals surface area contributed by atoms with E-state index in [1.54, 1.807) is 23.2 Å². The summed E-state index contributed by atoms with van der Waals surface area (Å²) in [6.07, 6.45) is 10.8. The van der Waals surface area contributed by atoms with Gasteiger partial charge in [0.1, 0.15) is 11.6 Å². The number of amides is 1. The van der Waals surface area contributed by atoms with Gasteiger partial charge in [-0.25, -0.2) is 9.97 Å². The number of anilines is 2. The third-order valence-electron chi connectivity index (χ3n) is 5.50. The number of carbonyl (C=O) groups excluding carboxylic acids is 1. The second-order valence-corrected chi connectivity index (χ2v) is 7.60. The summed E-state index contributed by atoms with van der Waals surface area (Å²) in [5.74, 6) is 1.91. The topological polar surface area (TPSA) is 75.9 Å². The quantitative estimate of drug-likeness (QED) is 0.659. The Morgan fingerprint density at radius 2 is 2.10 bits per heavy atom. The molecule has 1 amide bonds. The van der Waals surface area contributed by atoms with Gasteiger partial charge in [-0.15, -0.1) is 0 Å². The van der Waals surface area contributed by atoms with Crippen molar-refractivity contribution in [2.75, 3.05) is 18.4 Å². The van der Waals surface area contributed by atoms with Crippen LogP contribution < -0.4 is 5.32 Å². The number of nitrogens with one attached hydrogen (secondary N) is 1. The van der Waals surface area contributed by atoms with Crippen LogP contribution in [-0.4, -0.2) is 43.6 Å². The molecule has 1 unspecified atom stereocenters. The molecule has 1 saturated heterocycles. The maximum atomic E-state index is 12.7. The standard InChI is InChI=1S/C23H26N6O/c1-17-5-3-11-25-23(17)27-21-15-18(9-12-24-21)19-6-4-14-29(16-19)22(30)8-7-20-10-13-26-28(20)2/h3,5,7-13,15,19H,4,6,14,16H2,1-2H3,(H,24,25,27)/b8-7+. The lowest BCUT2D eigenvalue weighted by Crippen LogP contribution is -2.38. The molecule has 1 fully saturated rings. The minimum absolute atomic E-state index is 0.0393. The molecule has 1 N–H and O–H groups in total. The van der Waals surface area contributed by atoms with E-state index in [2.05, 4.69) is 26.4 Å². The monoisotopic (exact) mass is 402 g/mol. The minimum atomic E-state index is 0.0393.